The average molecular weight is 497 g/mol. The normalized spacial score (nSPS) is 11.0. The number of benzene rings is 3. The highest BCUT2D eigenvalue weighted by Gasteiger charge is 2.24. The van der Waals surface area contributed by atoms with Crippen molar-refractivity contribution in [2.75, 3.05) is 10.6 Å². The van der Waals surface area contributed by atoms with Gasteiger partial charge in [-0.25, -0.2) is 4.79 Å². The Morgan fingerprint density at radius 1 is 0.973 bits per heavy atom. The monoisotopic (exact) mass is 496 g/mol. The first-order chi connectivity index (χ1) is 17.5. The summed E-state index contributed by atoms with van der Waals surface area (Å²) in [4.78, 5) is 37.4. The summed E-state index contributed by atoms with van der Waals surface area (Å²) in [5, 5.41) is 19.1. The SMILES string of the molecule is CC(=O)Nc1cccc(-c2ccc3onc(C(=O)Nc4ccc(C#N)cc4C(=O)OC(C)(C)C)c3c2)c1. The van der Waals surface area contributed by atoms with E-state index in [9.17, 15) is 19.6 Å². The van der Waals surface area contributed by atoms with E-state index >= 15 is 0 Å². The summed E-state index contributed by atoms with van der Waals surface area (Å²) in [6.07, 6.45) is 0. The maximum atomic E-state index is 13.2. The summed E-state index contributed by atoms with van der Waals surface area (Å²) >= 11 is 0. The molecule has 9 heteroatoms. The lowest BCUT2D eigenvalue weighted by Gasteiger charge is -2.20. The first-order valence-electron chi connectivity index (χ1n) is 11.4. The van der Waals surface area contributed by atoms with Gasteiger partial charge in [-0.15, -0.1) is 0 Å². The fourth-order valence-corrected chi connectivity index (χ4v) is 3.67. The van der Waals surface area contributed by atoms with Gasteiger partial charge in [-0.1, -0.05) is 23.4 Å². The molecule has 3 aromatic carbocycles. The van der Waals surface area contributed by atoms with Crippen LogP contribution in [0, 0.1) is 11.3 Å². The second-order valence-corrected chi connectivity index (χ2v) is 9.33. The van der Waals surface area contributed by atoms with Crippen molar-refractivity contribution in [2.45, 2.75) is 33.3 Å². The van der Waals surface area contributed by atoms with Gasteiger partial charge in [0.1, 0.15) is 5.60 Å². The molecule has 0 aliphatic rings. The van der Waals surface area contributed by atoms with Crippen molar-refractivity contribution < 1.29 is 23.6 Å². The summed E-state index contributed by atoms with van der Waals surface area (Å²) < 4.78 is 10.8. The Morgan fingerprint density at radius 3 is 2.43 bits per heavy atom. The molecule has 0 radical (unpaired) electrons. The van der Waals surface area contributed by atoms with Gasteiger partial charge in [-0.2, -0.15) is 5.26 Å². The molecule has 2 amide bonds. The van der Waals surface area contributed by atoms with Crippen LogP contribution in [0.2, 0.25) is 0 Å². The molecule has 9 nitrogen and oxygen atoms in total. The third-order valence-electron chi connectivity index (χ3n) is 5.22. The van der Waals surface area contributed by atoms with Crippen LogP contribution in [-0.2, 0) is 9.53 Å². The minimum Gasteiger partial charge on any atom is -0.456 e. The molecular weight excluding hydrogens is 472 g/mol. The summed E-state index contributed by atoms with van der Waals surface area (Å²) in [7, 11) is 0. The predicted molar refractivity (Wildman–Crippen MR) is 138 cm³/mol. The molecule has 0 saturated heterocycles. The number of ether oxygens (including phenoxy) is 1. The molecule has 1 heterocycles. The second kappa shape index (κ2) is 9.95. The van der Waals surface area contributed by atoms with E-state index in [0.717, 1.165) is 11.1 Å². The number of carbonyl (C=O) groups excluding carboxylic acids is 3. The Labute approximate surface area is 213 Å². The van der Waals surface area contributed by atoms with E-state index in [2.05, 4.69) is 15.8 Å². The number of aromatic nitrogens is 1. The molecule has 0 unspecified atom stereocenters. The molecule has 0 aliphatic heterocycles. The quantitative estimate of drug-likeness (QED) is 0.347. The molecule has 4 rings (SSSR count). The highest BCUT2D eigenvalue weighted by molar-refractivity contribution is 6.13. The first-order valence-corrected chi connectivity index (χ1v) is 11.4. The van der Waals surface area contributed by atoms with Crippen molar-refractivity contribution in [1.82, 2.24) is 5.16 Å². The van der Waals surface area contributed by atoms with Gasteiger partial charge in [-0.3, -0.25) is 9.59 Å². The van der Waals surface area contributed by atoms with Crippen molar-refractivity contribution in [3.8, 4) is 17.2 Å². The van der Waals surface area contributed by atoms with Crippen molar-refractivity contribution in [3.63, 3.8) is 0 Å². The lowest BCUT2D eigenvalue weighted by molar-refractivity contribution is -0.114. The van der Waals surface area contributed by atoms with E-state index in [1.807, 2.05) is 30.3 Å². The summed E-state index contributed by atoms with van der Waals surface area (Å²) in [6, 6.07) is 18.9. The highest BCUT2D eigenvalue weighted by atomic mass is 16.6. The zero-order chi connectivity index (χ0) is 26.7. The Bertz CT molecular complexity index is 1570. The van der Waals surface area contributed by atoms with Crippen LogP contribution in [0.5, 0.6) is 0 Å². The van der Waals surface area contributed by atoms with Crippen LogP contribution >= 0.6 is 0 Å². The van der Waals surface area contributed by atoms with Crippen LogP contribution in [0.1, 0.15) is 54.1 Å². The third kappa shape index (κ3) is 5.82. The van der Waals surface area contributed by atoms with Gasteiger partial charge in [0, 0.05) is 12.6 Å². The zero-order valence-corrected chi connectivity index (χ0v) is 20.7. The van der Waals surface area contributed by atoms with Gasteiger partial charge < -0.3 is 19.9 Å². The molecule has 0 aliphatic carbocycles. The smallest absolute Gasteiger partial charge is 0.340 e. The number of fused-ring (bicyclic) bond motifs is 1. The Balaban J connectivity index is 1.67. The lowest BCUT2D eigenvalue weighted by Crippen LogP contribution is -2.25. The molecule has 0 bridgehead atoms. The van der Waals surface area contributed by atoms with Crippen molar-refractivity contribution in [1.29, 1.82) is 5.26 Å². The van der Waals surface area contributed by atoms with Crippen LogP contribution in [-0.4, -0.2) is 28.5 Å². The number of nitrogens with zero attached hydrogens (tertiary/aromatic N) is 2. The summed E-state index contributed by atoms with van der Waals surface area (Å²) in [6.45, 7) is 6.61. The number of carbonyl (C=O) groups is 3. The number of hydrogen-bond acceptors (Lipinski definition) is 7. The number of esters is 1. The molecule has 0 fully saturated rings. The number of nitriles is 1. The number of amides is 2. The average Bonchev–Trinajstić information content (AvgIpc) is 3.26. The second-order valence-electron chi connectivity index (χ2n) is 9.33. The Hall–Kier alpha value is -4.97. The van der Waals surface area contributed by atoms with Crippen LogP contribution in [0.15, 0.2) is 65.2 Å². The minimum atomic E-state index is -0.767. The van der Waals surface area contributed by atoms with Crippen LogP contribution in [0.3, 0.4) is 0 Å². The van der Waals surface area contributed by atoms with Gasteiger partial charge in [0.05, 0.1) is 28.3 Å². The van der Waals surface area contributed by atoms with E-state index < -0.39 is 17.5 Å². The Kier molecular flexibility index (Phi) is 6.76. The van der Waals surface area contributed by atoms with Gasteiger partial charge in [0.15, 0.2) is 11.3 Å². The lowest BCUT2D eigenvalue weighted by atomic mass is 10.0. The number of anilines is 2. The topological polar surface area (TPSA) is 134 Å². The molecule has 0 spiro atoms. The highest BCUT2D eigenvalue weighted by Crippen LogP contribution is 2.29. The van der Waals surface area contributed by atoms with E-state index in [4.69, 9.17) is 9.26 Å². The Morgan fingerprint density at radius 2 is 1.73 bits per heavy atom. The molecule has 1 aromatic heterocycles. The molecule has 37 heavy (non-hydrogen) atoms. The largest absolute Gasteiger partial charge is 0.456 e. The van der Waals surface area contributed by atoms with Crippen LogP contribution in [0.4, 0.5) is 11.4 Å². The number of nitrogens with one attached hydrogen (secondary N) is 2. The maximum absolute atomic E-state index is 13.2. The molecular formula is C28H24N4O5. The van der Waals surface area contributed by atoms with Gasteiger partial charge >= 0.3 is 5.97 Å². The van der Waals surface area contributed by atoms with Crippen molar-refractivity contribution in [2.24, 2.45) is 0 Å². The fraction of sp³-hybridized carbons (Fsp3) is 0.179. The minimum absolute atomic E-state index is 0.0226. The fourth-order valence-electron chi connectivity index (χ4n) is 3.67. The van der Waals surface area contributed by atoms with Gasteiger partial charge in [-0.05, 0) is 74.4 Å². The van der Waals surface area contributed by atoms with Gasteiger partial charge in [0.2, 0.25) is 5.91 Å². The van der Waals surface area contributed by atoms with E-state index in [1.54, 1.807) is 39.0 Å². The van der Waals surface area contributed by atoms with Crippen molar-refractivity contribution in [3.05, 3.63) is 77.5 Å². The standard InChI is InChI=1S/C28H24N4O5/c1-16(33)30-20-7-5-6-18(13-20)19-9-11-24-22(14-19)25(32-37-24)26(34)31-23-10-8-17(15-29)12-21(23)27(35)36-28(2,3)4/h5-14H,1-4H3,(H,30,33)(H,31,34). The van der Waals surface area contributed by atoms with Gasteiger partial charge in [0.25, 0.3) is 5.91 Å². The summed E-state index contributed by atoms with van der Waals surface area (Å²) in [5.41, 5.74) is 2.37. The maximum Gasteiger partial charge on any atom is 0.340 e. The summed E-state index contributed by atoms with van der Waals surface area (Å²) in [5.74, 6) is -1.46. The van der Waals surface area contributed by atoms with Crippen LogP contribution in [0.25, 0.3) is 22.1 Å². The molecule has 0 atom stereocenters. The van der Waals surface area contributed by atoms with E-state index in [0.29, 0.717) is 16.7 Å². The zero-order valence-electron chi connectivity index (χ0n) is 20.7. The third-order valence-corrected chi connectivity index (χ3v) is 5.22. The van der Waals surface area contributed by atoms with E-state index in [-0.39, 0.29) is 28.4 Å². The van der Waals surface area contributed by atoms with E-state index in [1.165, 1.54) is 25.1 Å². The molecule has 2 N–H and O–H groups in total. The molecule has 4 aromatic rings. The van der Waals surface area contributed by atoms with Crippen LogP contribution < -0.4 is 10.6 Å². The molecule has 186 valence electrons. The number of hydrogen-bond donors (Lipinski definition) is 2. The number of rotatable bonds is 5. The predicted octanol–water partition coefficient (Wildman–Crippen LogP) is 5.53. The van der Waals surface area contributed by atoms with Crippen molar-refractivity contribution >= 4 is 40.1 Å². The first kappa shape index (κ1) is 25.1. The molecule has 0 saturated carbocycles.